The number of halogens is 2. The van der Waals surface area contributed by atoms with Crippen LogP contribution in [0.3, 0.4) is 0 Å². The zero-order valence-electron chi connectivity index (χ0n) is 14.8. The number of hydrogen-bond acceptors (Lipinski definition) is 3. The van der Waals surface area contributed by atoms with Gasteiger partial charge < -0.3 is 15.5 Å². The fourth-order valence-electron chi connectivity index (χ4n) is 2.91. The van der Waals surface area contributed by atoms with Crippen molar-refractivity contribution >= 4 is 34.4 Å². The summed E-state index contributed by atoms with van der Waals surface area (Å²) in [4.78, 5) is 12.4. The minimum Gasteiger partial charge on any atom is -0.394 e. The molecule has 3 rings (SSSR count). The van der Waals surface area contributed by atoms with E-state index in [2.05, 4.69) is 5.32 Å². The van der Waals surface area contributed by atoms with Crippen molar-refractivity contribution < 1.29 is 19.4 Å². The molecule has 3 aromatic rings. The number of aliphatic hydroxyl groups excluding tert-OH is 2. The van der Waals surface area contributed by atoms with E-state index in [4.69, 9.17) is 11.6 Å². The maximum atomic E-state index is 13.1. The van der Waals surface area contributed by atoms with Crippen LogP contribution in [0.2, 0.25) is 5.02 Å². The van der Waals surface area contributed by atoms with E-state index in [1.807, 2.05) is 36.4 Å². The van der Waals surface area contributed by atoms with Crippen LogP contribution in [0.5, 0.6) is 0 Å². The lowest BCUT2D eigenvalue weighted by Crippen LogP contribution is -2.37. The quantitative estimate of drug-likeness (QED) is 0.551. The van der Waals surface area contributed by atoms with Gasteiger partial charge in [-0.25, -0.2) is 4.39 Å². The molecule has 0 heterocycles. The normalized spacial score (nSPS) is 13.6. The smallest absolute Gasteiger partial charge is 0.244 e. The molecular weight excluding hydrogens is 381 g/mol. The molecule has 0 bridgehead atoms. The first-order chi connectivity index (χ1) is 13.5. The van der Waals surface area contributed by atoms with Gasteiger partial charge in [0.25, 0.3) is 0 Å². The predicted molar refractivity (Wildman–Crippen MR) is 108 cm³/mol. The van der Waals surface area contributed by atoms with Crippen molar-refractivity contribution in [1.29, 1.82) is 0 Å². The fourth-order valence-corrected chi connectivity index (χ4v) is 3.14. The van der Waals surface area contributed by atoms with Crippen molar-refractivity contribution in [2.75, 3.05) is 6.61 Å². The highest BCUT2D eigenvalue weighted by Gasteiger charge is 2.22. The summed E-state index contributed by atoms with van der Waals surface area (Å²) in [7, 11) is 0. The molecule has 6 heteroatoms. The number of hydrogen-bond donors (Lipinski definition) is 3. The molecule has 3 N–H and O–H groups in total. The zero-order chi connectivity index (χ0) is 20.1. The first-order valence-electron chi connectivity index (χ1n) is 8.69. The Balaban J connectivity index is 1.81. The van der Waals surface area contributed by atoms with Crippen LogP contribution in [0, 0.1) is 5.82 Å². The second-order valence-corrected chi connectivity index (χ2v) is 6.75. The molecule has 0 spiro atoms. The summed E-state index contributed by atoms with van der Waals surface area (Å²) in [6, 6.07) is 16.3. The first kappa shape index (κ1) is 20.0. The molecule has 4 nitrogen and oxygen atoms in total. The second kappa shape index (κ2) is 8.97. The highest BCUT2D eigenvalue weighted by atomic mass is 35.5. The Morgan fingerprint density at radius 2 is 1.86 bits per heavy atom. The highest BCUT2D eigenvalue weighted by molar-refractivity contribution is 6.32. The van der Waals surface area contributed by atoms with Crippen molar-refractivity contribution in [3.63, 3.8) is 0 Å². The van der Waals surface area contributed by atoms with Crippen LogP contribution < -0.4 is 5.32 Å². The van der Waals surface area contributed by atoms with Crippen molar-refractivity contribution in [2.24, 2.45) is 0 Å². The van der Waals surface area contributed by atoms with Gasteiger partial charge in [-0.3, -0.25) is 4.79 Å². The van der Waals surface area contributed by atoms with Gasteiger partial charge in [-0.15, -0.1) is 0 Å². The van der Waals surface area contributed by atoms with Crippen molar-refractivity contribution in [1.82, 2.24) is 5.32 Å². The Labute approximate surface area is 166 Å². The Kier molecular flexibility index (Phi) is 6.41. The van der Waals surface area contributed by atoms with Gasteiger partial charge in [-0.1, -0.05) is 54.1 Å². The molecule has 0 aliphatic heterocycles. The summed E-state index contributed by atoms with van der Waals surface area (Å²) in [5, 5.41) is 24.5. The van der Waals surface area contributed by atoms with Gasteiger partial charge in [0.15, 0.2) is 0 Å². The lowest BCUT2D eigenvalue weighted by molar-refractivity contribution is -0.118. The van der Waals surface area contributed by atoms with Crippen LogP contribution in [0.1, 0.15) is 17.2 Å². The molecule has 0 saturated heterocycles. The molecule has 0 aliphatic carbocycles. The minimum atomic E-state index is -1.17. The van der Waals surface area contributed by atoms with E-state index in [1.54, 1.807) is 6.07 Å². The standard InChI is InChI=1S/C22H19ClFNO3/c23-19-12-18(24)9-7-15(19)8-10-21(28)25-22(20(27)13-26)17-6-5-14-3-1-2-4-16(14)11-17/h1-12,20,22,26-27H,13H2,(H,25,28)/b10-8+/t20-,22-/m1/s1. The average Bonchev–Trinajstić information content (AvgIpc) is 2.70. The van der Waals surface area contributed by atoms with Gasteiger partial charge in [-0.05, 0) is 46.2 Å². The maximum absolute atomic E-state index is 13.1. The van der Waals surface area contributed by atoms with Crippen LogP contribution in [-0.4, -0.2) is 28.8 Å². The van der Waals surface area contributed by atoms with E-state index in [0.717, 1.165) is 16.8 Å². The number of fused-ring (bicyclic) bond motifs is 1. The SMILES string of the molecule is O=C(/C=C/c1ccc(F)cc1Cl)N[C@H](c1ccc2ccccc2c1)[C@H](O)CO. The molecule has 0 fully saturated rings. The molecule has 1 amide bonds. The average molecular weight is 400 g/mol. The maximum Gasteiger partial charge on any atom is 0.244 e. The third-order valence-electron chi connectivity index (χ3n) is 4.38. The highest BCUT2D eigenvalue weighted by Crippen LogP contribution is 2.23. The Bertz CT molecular complexity index is 1020. The zero-order valence-corrected chi connectivity index (χ0v) is 15.6. The van der Waals surface area contributed by atoms with Gasteiger partial charge in [-0.2, -0.15) is 0 Å². The molecule has 0 unspecified atom stereocenters. The van der Waals surface area contributed by atoms with Gasteiger partial charge in [0, 0.05) is 6.08 Å². The number of nitrogens with one attached hydrogen (secondary N) is 1. The van der Waals surface area contributed by atoms with E-state index in [0.29, 0.717) is 11.1 Å². The molecule has 144 valence electrons. The van der Waals surface area contributed by atoms with Gasteiger partial charge in [0.1, 0.15) is 11.9 Å². The van der Waals surface area contributed by atoms with Crippen molar-refractivity contribution in [3.05, 3.63) is 88.7 Å². The molecule has 0 saturated carbocycles. The van der Waals surface area contributed by atoms with Gasteiger partial charge in [0.2, 0.25) is 5.91 Å². The van der Waals surface area contributed by atoms with Gasteiger partial charge >= 0.3 is 0 Å². The lowest BCUT2D eigenvalue weighted by Gasteiger charge is -2.23. The third-order valence-corrected chi connectivity index (χ3v) is 4.71. The molecule has 2 atom stereocenters. The van der Waals surface area contributed by atoms with E-state index in [1.165, 1.54) is 24.3 Å². The van der Waals surface area contributed by atoms with E-state index in [-0.39, 0.29) is 5.02 Å². The first-order valence-corrected chi connectivity index (χ1v) is 9.07. The van der Waals surface area contributed by atoms with E-state index in [9.17, 15) is 19.4 Å². The molecule has 0 aliphatic rings. The predicted octanol–water partition coefficient (Wildman–Crippen LogP) is 3.86. The number of benzene rings is 3. The van der Waals surface area contributed by atoms with Crippen LogP contribution >= 0.6 is 11.6 Å². The number of aliphatic hydroxyl groups is 2. The van der Waals surface area contributed by atoms with Crippen molar-refractivity contribution in [2.45, 2.75) is 12.1 Å². The monoisotopic (exact) mass is 399 g/mol. The molecule has 0 aromatic heterocycles. The molecule has 3 aromatic carbocycles. The molecule has 0 radical (unpaired) electrons. The molecular formula is C22H19ClFNO3. The minimum absolute atomic E-state index is 0.186. The van der Waals surface area contributed by atoms with Crippen LogP contribution in [0.15, 0.2) is 66.7 Å². The Hall–Kier alpha value is -2.73. The number of carbonyl (C=O) groups excluding carboxylic acids is 1. The lowest BCUT2D eigenvalue weighted by atomic mass is 9.98. The van der Waals surface area contributed by atoms with E-state index >= 15 is 0 Å². The third kappa shape index (κ3) is 4.75. The fraction of sp³-hybridized carbons (Fsp3) is 0.136. The Morgan fingerprint density at radius 1 is 1.11 bits per heavy atom. The number of carbonyl (C=O) groups is 1. The summed E-state index contributed by atoms with van der Waals surface area (Å²) < 4.78 is 13.1. The van der Waals surface area contributed by atoms with Crippen molar-refractivity contribution in [3.8, 4) is 0 Å². The second-order valence-electron chi connectivity index (χ2n) is 6.34. The number of amides is 1. The Morgan fingerprint density at radius 3 is 2.57 bits per heavy atom. The van der Waals surface area contributed by atoms with E-state index < -0.39 is 30.5 Å². The van der Waals surface area contributed by atoms with Gasteiger partial charge in [0.05, 0.1) is 17.7 Å². The summed E-state index contributed by atoms with van der Waals surface area (Å²) in [5.74, 6) is -0.944. The van der Waals surface area contributed by atoms with Crippen LogP contribution in [0.25, 0.3) is 16.8 Å². The number of rotatable bonds is 6. The summed E-state index contributed by atoms with van der Waals surface area (Å²) in [6.45, 7) is -0.509. The summed E-state index contributed by atoms with van der Waals surface area (Å²) >= 11 is 5.95. The summed E-state index contributed by atoms with van der Waals surface area (Å²) in [6.07, 6.45) is 1.53. The largest absolute Gasteiger partial charge is 0.394 e. The van der Waals surface area contributed by atoms with Crippen LogP contribution in [-0.2, 0) is 4.79 Å². The van der Waals surface area contributed by atoms with Crippen LogP contribution in [0.4, 0.5) is 4.39 Å². The topological polar surface area (TPSA) is 69.6 Å². The molecule has 28 heavy (non-hydrogen) atoms. The summed E-state index contributed by atoms with van der Waals surface area (Å²) in [5.41, 5.74) is 1.16.